The molecule has 2 amide bonds. The van der Waals surface area contributed by atoms with E-state index >= 15 is 0 Å². The third-order valence-electron chi connectivity index (χ3n) is 5.81. The summed E-state index contributed by atoms with van der Waals surface area (Å²) < 4.78 is 0. The number of ketones is 1. The Hall–Kier alpha value is -3.41. The van der Waals surface area contributed by atoms with Crippen molar-refractivity contribution < 1.29 is 14.4 Å². The van der Waals surface area contributed by atoms with Crippen LogP contribution in [0, 0.1) is 5.92 Å². The Kier molecular flexibility index (Phi) is 6.16. The van der Waals surface area contributed by atoms with E-state index < -0.39 is 0 Å². The number of amides is 2. The lowest BCUT2D eigenvalue weighted by Crippen LogP contribution is -2.43. The number of benzene rings is 2. The number of H-pyrrole nitrogens is 1. The number of carbonyl (C=O) groups is 3. The lowest BCUT2D eigenvalue weighted by Gasteiger charge is -2.32. The van der Waals surface area contributed by atoms with Crippen LogP contribution in [0.1, 0.15) is 32.6 Å². The van der Waals surface area contributed by atoms with Gasteiger partial charge in [-0.3, -0.25) is 9.59 Å². The average Bonchev–Trinajstić information content (AvgIpc) is 3.22. The van der Waals surface area contributed by atoms with Gasteiger partial charge in [-0.1, -0.05) is 30.3 Å². The lowest BCUT2D eigenvalue weighted by atomic mass is 9.96. The van der Waals surface area contributed by atoms with E-state index in [0.29, 0.717) is 13.1 Å². The van der Waals surface area contributed by atoms with Crippen LogP contribution in [0.15, 0.2) is 54.6 Å². The molecule has 2 aromatic carbocycles. The van der Waals surface area contributed by atoms with E-state index in [1.165, 1.54) is 6.92 Å². The zero-order valence-corrected chi connectivity index (χ0v) is 17.7. The van der Waals surface area contributed by atoms with E-state index in [1.807, 2.05) is 42.5 Å². The highest BCUT2D eigenvalue weighted by atomic mass is 16.2. The highest BCUT2D eigenvalue weighted by molar-refractivity contribution is 5.94. The fourth-order valence-corrected chi connectivity index (χ4v) is 4.10. The minimum absolute atomic E-state index is 0.00879. The first-order valence-electron chi connectivity index (χ1n) is 10.8. The van der Waals surface area contributed by atoms with Crippen LogP contribution in [0.4, 0.5) is 5.69 Å². The fraction of sp³-hybridized carbons (Fsp3) is 0.320. The summed E-state index contributed by atoms with van der Waals surface area (Å²) in [7, 11) is 0. The summed E-state index contributed by atoms with van der Waals surface area (Å²) in [5.74, 6) is -0.354. The number of aromatic amines is 1. The molecule has 2 N–H and O–H groups in total. The molecule has 1 aromatic heterocycles. The number of nitrogens with zero attached hydrogens (tertiary/aromatic N) is 1. The molecule has 1 fully saturated rings. The molecule has 0 radical (unpaired) electrons. The van der Waals surface area contributed by atoms with Crippen LogP contribution < -0.4 is 5.32 Å². The summed E-state index contributed by atoms with van der Waals surface area (Å²) in [4.78, 5) is 41.5. The molecule has 31 heavy (non-hydrogen) atoms. The van der Waals surface area contributed by atoms with Crippen LogP contribution in [0.2, 0.25) is 0 Å². The van der Waals surface area contributed by atoms with Crippen molar-refractivity contribution in [1.29, 1.82) is 0 Å². The normalized spacial score (nSPS) is 16.3. The van der Waals surface area contributed by atoms with Crippen LogP contribution in [0.5, 0.6) is 0 Å². The molecular weight excluding hydrogens is 390 g/mol. The molecule has 0 bridgehead atoms. The van der Waals surface area contributed by atoms with Gasteiger partial charge in [0.1, 0.15) is 5.78 Å². The predicted molar refractivity (Wildman–Crippen MR) is 122 cm³/mol. The summed E-state index contributed by atoms with van der Waals surface area (Å²) >= 11 is 0. The topological polar surface area (TPSA) is 82.3 Å². The molecule has 0 spiro atoms. The standard InChI is InChI=1S/C25H27N3O3/c1-17(29)11-12-24(30)28-13-5-8-20(16-28)25(31)26-21-9-4-7-18(14-21)23-15-19-6-2-3-10-22(19)27-23/h2-4,6-7,9-10,14-15,20,27H,5,8,11-13,16H2,1H3,(H,26,31)/t20-/m1/s1. The van der Waals surface area contributed by atoms with Gasteiger partial charge in [-0.15, -0.1) is 0 Å². The van der Waals surface area contributed by atoms with Crippen molar-refractivity contribution in [2.75, 3.05) is 18.4 Å². The zero-order valence-electron chi connectivity index (χ0n) is 17.7. The number of piperidine rings is 1. The monoisotopic (exact) mass is 417 g/mol. The van der Waals surface area contributed by atoms with E-state index in [0.717, 1.165) is 40.7 Å². The van der Waals surface area contributed by atoms with E-state index in [9.17, 15) is 14.4 Å². The molecule has 6 nitrogen and oxygen atoms in total. The number of aromatic nitrogens is 1. The van der Waals surface area contributed by atoms with Crippen molar-refractivity contribution >= 4 is 34.2 Å². The van der Waals surface area contributed by atoms with Gasteiger partial charge in [0, 0.05) is 53.8 Å². The molecule has 0 unspecified atom stereocenters. The number of nitrogens with one attached hydrogen (secondary N) is 2. The van der Waals surface area contributed by atoms with Crippen LogP contribution in [0.25, 0.3) is 22.2 Å². The van der Waals surface area contributed by atoms with Gasteiger partial charge in [-0.25, -0.2) is 0 Å². The van der Waals surface area contributed by atoms with Gasteiger partial charge in [-0.05, 0) is 44.0 Å². The Morgan fingerprint density at radius 3 is 2.71 bits per heavy atom. The second-order valence-corrected chi connectivity index (χ2v) is 8.22. The van der Waals surface area contributed by atoms with E-state index in [-0.39, 0.29) is 36.4 Å². The molecule has 0 saturated carbocycles. The Morgan fingerprint density at radius 1 is 1.06 bits per heavy atom. The van der Waals surface area contributed by atoms with Crippen LogP contribution in [-0.4, -0.2) is 40.6 Å². The highest BCUT2D eigenvalue weighted by Gasteiger charge is 2.28. The SMILES string of the molecule is CC(=O)CCC(=O)N1CCC[C@@H](C(=O)Nc2cccc(-c3cc4ccccc4[nH]3)c2)C1. The summed E-state index contributed by atoms with van der Waals surface area (Å²) in [6, 6.07) is 18.0. The fourth-order valence-electron chi connectivity index (χ4n) is 4.10. The van der Waals surface area contributed by atoms with E-state index in [4.69, 9.17) is 0 Å². The summed E-state index contributed by atoms with van der Waals surface area (Å²) in [6.45, 7) is 2.55. The molecule has 2 heterocycles. The largest absolute Gasteiger partial charge is 0.355 e. The number of hydrogen-bond donors (Lipinski definition) is 2. The summed E-state index contributed by atoms with van der Waals surface area (Å²) in [6.07, 6.45) is 2.02. The van der Waals surface area contributed by atoms with Crippen LogP contribution in [-0.2, 0) is 14.4 Å². The molecule has 4 rings (SSSR count). The first-order chi connectivity index (χ1) is 15.0. The van der Waals surface area contributed by atoms with E-state index in [1.54, 1.807) is 4.90 Å². The minimum atomic E-state index is -0.244. The summed E-state index contributed by atoms with van der Waals surface area (Å²) in [5.41, 5.74) is 3.81. The molecule has 160 valence electrons. The van der Waals surface area contributed by atoms with Crippen molar-refractivity contribution in [3.8, 4) is 11.3 Å². The number of Topliss-reactive ketones (excluding diaryl/α,β-unsaturated/α-hetero) is 1. The third kappa shape index (κ3) is 5.02. The Balaban J connectivity index is 1.42. The average molecular weight is 418 g/mol. The number of anilines is 1. The molecule has 0 aliphatic carbocycles. The maximum atomic E-state index is 12.9. The molecule has 1 atom stereocenters. The quantitative estimate of drug-likeness (QED) is 0.624. The third-order valence-corrected chi connectivity index (χ3v) is 5.81. The lowest BCUT2D eigenvalue weighted by molar-refractivity contribution is -0.136. The molecular formula is C25H27N3O3. The van der Waals surface area contributed by atoms with Crippen molar-refractivity contribution in [1.82, 2.24) is 9.88 Å². The second kappa shape index (κ2) is 9.16. The van der Waals surface area contributed by atoms with Gasteiger partial charge in [0.05, 0.1) is 5.92 Å². The predicted octanol–water partition coefficient (Wildman–Crippen LogP) is 4.38. The Labute approximate surface area is 181 Å². The molecule has 6 heteroatoms. The molecule has 1 aliphatic rings. The number of hydrogen-bond acceptors (Lipinski definition) is 3. The molecule has 3 aromatic rings. The number of para-hydroxylation sites is 1. The first kappa shape index (κ1) is 20.8. The van der Waals surface area contributed by atoms with Crippen LogP contribution >= 0.6 is 0 Å². The molecule has 1 aliphatic heterocycles. The van der Waals surface area contributed by atoms with Gasteiger partial charge in [0.2, 0.25) is 11.8 Å². The first-order valence-corrected chi connectivity index (χ1v) is 10.8. The van der Waals surface area contributed by atoms with Gasteiger partial charge < -0.3 is 20.0 Å². The Morgan fingerprint density at radius 2 is 1.90 bits per heavy atom. The van der Waals surface area contributed by atoms with Crippen LogP contribution in [0.3, 0.4) is 0 Å². The Bertz CT molecular complexity index is 1080. The van der Waals surface area contributed by atoms with Crippen molar-refractivity contribution in [3.05, 3.63) is 54.6 Å². The zero-order chi connectivity index (χ0) is 21.8. The van der Waals surface area contributed by atoms with Crippen molar-refractivity contribution in [3.63, 3.8) is 0 Å². The van der Waals surface area contributed by atoms with Gasteiger partial charge in [0.15, 0.2) is 0 Å². The summed E-state index contributed by atoms with van der Waals surface area (Å²) in [5, 5.41) is 4.16. The van der Waals surface area contributed by atoms with E-state index in [2.05, 4.69) is 22.4 Å². The molecule has 1 saturated heterocycles. The van der Waals surface area contributed by atoms with Gasteiger partial charge in [0.25, 0.3) is 0 Å². The number of fused-ring (bicyclic) bond motifs is 1. The second-order valence-electron chi connectivity index (χ2n) is 8.22. The van der Waals surface area contributed by atoms with Crippen molar-refractivity contribution in [2.24, 2.45) is 5.92 Å². The minimum Gasteiger partial charge on any atom is -0.355 e. The smallest absolute Gasteiger partial charge is 0.229 e. The maximum Gasteiger partial charge on any atom is 0.229 e. The number of likely N-dealkylation sites (tertiary alicyclic amines) is 1. The van der Waals surface area contributed by atoms with Crippen molar-refractivity contribution in [2.45, 2.75) is 32.6 Å². The number of rotatable bonds is 6. The van der Waals surface area contributed by atoms with Gasteiger partial charge in [-0.2, -0.15) is 0 Å². The maximum absolute atomic E-state index is 12.9. The number of carbonyl (C=O) groups excluding carboxylic acids is 3. The highest BCUT2D eigenvalue weighted by Crippen LogP contribution is 2.27. The van der Waals surface area contributed by atoms with Gasteiger partial charge >= 0.3 is 0 Å².